The van der Waals surface area contributed by atoms with Gasteiger partial charge in [-0.2, -0.15) is 4.98 Å². The minimum Gasteiger partial charge on any atom is -0.353 e. The number of hydrogen-bond donors (Lipinski definition) is 2. The number of nitrogens with zero attached hydrogens (tertiary/aromatic N) is 2. The predicted molar refractivity (Wildman–Crippen MR) is 89.4 cm³/mol. The molecule has 7 heteroatoms. The number of aromatic amines is 1. The van der Waals surface area contributed by atoms with Crippen LogP contribution in [0, 0.1) is 0 Å². The molecule has 0 spiro atoms. The van der Waals surface area contributed by atoms with Gasteiger partial charge in [0.15, 0.2) is 0 Å². The van der Waals surface area contributed by atoms with E-state index in [1.54, 1.807) is 12.1 Å². The van der Waals surface area contributed by atoms with E-state index in [1.807, 2.05) is 24.3 Å². The molecule has 7 nitrogen and oxygen atoms in total. The smallest absolute Gasteiger partial charge is 0.259 e. The molecule has 24 heavy (non-hydrogen) atoms. The standard InChI is InChI=1S/C17H16N4O3/c1-2-9-18-14(22)7-8-15-20-16(21-24-15)12-10-11-5-3-4-6-13(11)19-17(12)23/h2-6,10H,1,7-9H2,(H,18,22)(H,19,23). The van der Waals surface area contributed by atoms with E-state index >= 15 is 0 Å². The van der Waals surface area contributed by atoms with Gasteiger partial charge in [0.2, 0.25) is 17.6 Å². The van der Waals surface area contributed by atoms with E-state index in [-0.39, 0.29) is 23.7 Å². The summed E-state index contributed by atoms with van der Waals surface area (Å²) in [7, 11) is 0. The second-order valence-electron chi connectivity index (χ2n) is 5.20. The van der Waals surface area contributed by atoms with Crippen molar-refractivity contribution in [1.29, 1.82) is 0 Å². The molecule has 0 aliphatic heterocycles. The number of hydrogen-bond acceptors (Lipinski definition) is 5. The molecule has 0 bridgehead atoms. The van der Waals surface area contributed by atoms with Crippen LogP contribution in [-0.2, 0) is 11.2 Å². The summed E-state index contributed by atoms with van der Waals surface area (Å²) in [5, 5.41) is 7.39. The maximum atomic E-state index is 12.2. The lowest BCUT2D eigenvalue weighted by molar-refractivity contribution is -0.120. The van der Waals surface area contributed by atoms with Gasteiger partial charge in [0, 0.05) is 24.9 Å². The highest BCUT2D eigenvalue weighted by Crippen LogP contribution is 2.17. The summed E-state index contributed by atoms with van der Waals surface area (Å²) in [6.07, 6.45) is 2.14. The van der Waals surface area contributed by atoms with Crippen molar-refractivity contribution in [2.75, 3.05) is 6.54 Å². The number of H-pyrrole nitrogens is 1. The fourth-order valence-corrected chi connectivity index (χ4v) is 2.27. The SMILES string of the molecule is C=CCNC(=O)CCc1nc(-c2cc3ccccc3[nH]c2=O)no1. The van der Waals surface area contributed by atoms with Crippen molar-refractivity contribution in [3.05, 3.63) is 59.2 Å². The van der Waals surface area contributed by atoms with Crippen molar-refractivity contribution < 1.29 is 9.32 Å². The molecule has 0 saturated carbocycles. The third-order valence-electron chi connectivity index (χ3n) is 3.47. The Morgan fingerprint density at radius 2 is 2.21 bits per heavy atom. The van der Waals surface area contributed by atoms with Gasteiger partial charge >= 0.3 is 0 Å². The van der Waals surface area contributed by atoms with Crippen molar-refractivity contribution in [2.45, 2.75) is 12.8 Å². The number of amides is 1. The number of aryl methyl sites for hydroxylation is 1. The van der Waals surface area contributed by atoms with Crippen LogP contribution in [0.15, 0.2) is 52.3 Å². The van der Waals surface area contributed by atoms with E-state index in [0.717, 1.165) is 10.9 Å². The van der Waals surface area contributed by atoms with E-state index < -0.39 is 0 Å². The molecule has 3 aromatic rings. The lowest BCUT2D eigenvalue weighted by Crippen LogP contribution is -2.23. The second-order valence-corrected chi connectivity index (χ2v) is 5.20. The van der Waals surface area contributed by atoms with Crippen LogP contribution in [0.1, 0.15) is 12.3 Å². The Bertz CT molecular complexity index is 942. The van der Waals surface area contributed by atoms with Gasteiger partial charge in [0.25, 0.3) is 5.56 Å². The zero-order valence-corrected chi connectivity index (χ0v) is 12.9. The Morgan fingerprint density at radius 1 is 1.38 bits per heavy atom. The molecule has 3 rings (SSSR count). The summed E-state index contributed by atoms with van der Waals surface area (Å²) in [5.41, 5.74) is 0.790. The zero-order valence-electron chi connectivity index (χ0n) is 12.9. The number of carbonyl (C=O) groups excluding carboxylic acids is 1. The number of benzene rings is 1. The fourth-order valence-electron chi connectivity index (χ4n) is 2.27. The highest BCUT2D eigenvalue weighted by atomic mass is 16.5. The first-order chi connectivity index (χ1) is 11.7. The molecular weight excluding hydrogens is 308 g/mol. The van der Waals surface area contributed by atoms with Gasteiger partial charge in [-0.3, -0.25) is 9.59 Å². The highest BCUT2D eigenvalue weighted by molar-refractivity contribution is 5.82. The molecule has 0 radical (unpaired) electrons. The molecule has 0 unspecified atom stereocenters. The van der Waals surface area contributed by atoms with Crippen LogP contribution < -0.4 is 10.9 Å². The molecule has 0 saturated heterocycles. The number of pyridine rings is 1. The van der Waals surface area contributed by atoms with Crippen LogP contribution in [0.25, 0.3) is 22.3 Å². The maximum absolute atomic E-state index is 12.2. The summed E-state index contributed by atoms with van der Waals surface area (Å²) < 4.78 is 5.13. The van der Waals surface area contributed by atoms with Crippen LogP contribution in [0.4, 0.5) is 0 Å². The van der Waals surface area contributed by atoms with Crippen LogP contribution in [0.2, 0.25) is 0 Å². The average Bonchev–Trinajstić information content (AvgIpc) is 3.06. The minimum absolute atomic E-state index is 0.127. The lowest BCUT2D eigenvalue weighted by Gasteiger charge is -1.99. The number of fused-ring (bicyclic) bond motifs is 1. The van der Waals surface area contributed by atoms with Gasteiger partial charge in [-0.15, -0.1) is 6.58 Å². The topological polar surface area (TPSA) is 101 Å². The first kappa shape index (κ1) is 15.7. The number of aromatic nitrogens is 3. The monoisotopic (exact) mass is 324 g/mol. The Labute approximate surface area is 137 Å². The molecule has 0 fully saturated rings. The summed E-state index contributed by atoms with van der Waals surface area (Å²) in [6.45, 7) is 3.95. The zero-order chi connectivity index (χ0) is 16.9. The van der Waals surface area contributed by atoms with E-state index in [1.165, 1.54) is 0 Å². The third kappa shape index (κ3) is 3.40. The first-order valence-electron chi connectivity index (χ1n) is 7.50. The minimum atomic E-state index is -0.287. The molecule has 2 heterocycles. The summed E-state index contributed by atoms with van der Waals surface area (Å²) in [5.74, 6) is 0.396. The number of rotatable bonds is 6. The van der Waals surface area contributed by atoms with Crippen LogP contribution in [-0.4, -0.2) is 27.6 Å². The highest BCUT2D eigenvalue weighted by Gasteiger charge is 2.14. The van der Waals surface area contributed by atoms with E-state index in [4.69, 9.17) is 4.52 Å². The number of carbonyl (C=O) groups is 1. The van der Waals surface area contributed by atoms with Crippen molar-refractivity contribution >= 4 is 16.8 Å². The van der Waals surface area contributed by atoms with Gasteiger partial charge < -0.3 is 14.8 Å². The summed E-state index contributed by atoms with van der Waals surface area (Å²) in [4.78, 5) is 30.7. The molecule has 1 amide bonds. The number of nitrogens with one attached hydrogen (secondary N) is 2. The normalized spacial score (nSPS) is 10.7. The van der Waals surface area contributed by atoms with Crippen LogP contribution in [0.3, 0.4) is 0 Å². The molecule has 0 aliphatic carbocycles. The Morgan fingerprint density at radius 3 is 3.04 bits per heavy atom. The molecule has 2 aromatic heterocycles. The predicted octanol–water partition coefficient (Wildman–Crippen LogP) is 1.81. The van der Waals surface area contributed by atoms with Gasteiger partial charge in [0.05, 0.1) is 5.56 Å². The third-order valence-corrected chi connectivity index (χ3v) is 3.47. The Hall–Kier alpha value is -3.22. The quantitative estimate of drug-likeness (QED) is 0.674. The van der Waals surface area contributed by atoms with Crippen LogP contribution >= 0.6 is 0 Å². The Balaban J connectivity index is 1.78. The molecular formula is C17H16N4O3. The summed E-state index contributed by atoms with van der Waals surface area (Å²) in [6, 6.07) is 9.17. The van der Waals surface area contributed by atoms with Gasteiger partial charge in [-0.25, -0.2) is 0 Å². The molecule has 122 valence electrons. The van der Waals surface area contributed by atoms with E-state index in [9.17, 15) is 9.59 Å². The average molecular weight is 324 g/mol. The molecule has 2 N–H and O–H groups in total. The van der Waals surface area contributed by atoms with E-state index in [0.29, 0.717) is 24.4 Å². The first-order valence-corrected chi connectivity index (χ1v) is 7.50. The summed E-state index contributed by atoms with van der Waals surface area (Å²) >= 11 is 0. The lowest BCUT2D eigenvalue weighted by atomic mass is 10.1. The van der Waals surface area contributed by atoms with Gasteiger partial charge in [-0.1, -0.05) is 29.4 Å². The maximum Gasteiger partial charge on any atom is 0.259 e. The van der Waals surface area contributed by atoms with Crippen molar-refractivity contribution in [2.24, 2.45) is 0 Å². The van der Waals surface area contributed by atoms with Crippen molar-refractivity contribution in [1.82, 2.24) is 20.4 Å². The fraction of sp³-hybridized carbons (Fsp3) is 0.176. The van der Waals surface area contributed by atoms with Crippen LogP contribution in [0.5, 0.6) is 0 Å². The largest absolute Gasteiger partial charge is 0.353 e. The second kappa shape index (κ2) is 6.91. The van der Waals surface area contributed by atoms with Gasteiger partial charge in [0.1, 0.15) is 0 Å². The van der Waals surface area contributed by atoms with Gasteiger partial charge in [-0.05, 0) is 17.5 Å². The molecule has 0 atom stereocenters. The number of para-hydroxylation sites is 1. The van der Waals surface area contributed by atoms with Crippen molar-refractivity contribution in [3.8, 4) is 11.4 Å². The molecule has 0 aliphatic rings. The Kier molecular flexibility index (Phi) is 4.51. The molecule has 1 aromatic carbocycles. The van der Waals surface area contributed by atoms with E-state index in [2.05, 4.69) is 27.0 Å². The van der Waals surface area contributed by atoms with Crippen molar-refractivity contribution in [3.63, 3.8) is 0 Å².